The molecule has 0 amide bonds. The van der Waals surface area contributed by atoms with Crippen LogP contribution < -0.4 is 4.90 Å². The van der Waals surface area contributed by atoms with E-state index in [4.69, 9.17) is 11.6 Å². The summed E-state index contributed by atoms with van der Waals surface area (Å²) in [5, 5.41) is 0.561. The van der Waals surface area contributed by atoms with Crippen LogP contribution in [0.4, 0.5) is 5.69 Å². The molecule has 0 aliphatic carbocycles. The van der Waals surface area contributed by atoms with Gasteiger partial charge in [-0.15, -0.1) is 0 Å². The Morgan fingerprint density at radius 2 is 2.00 bits per heavy atom. The van der Waals surface area contributed by atoms with Gasteiger partial charge < -0.3 is 4.90 Å². The van der Waals surface area contributed by atoms with Crippen LogP contribution in [0.3, 0.4) is 0 Å². The van der Waals surface area contributed by atoms with Crippen molar-refractivity contribution < 1.29 is 0 Å². The highest BCUT2D eigenvalue weighted by molar-refractivity contribution is 6.29. The van der Waals surface area contributed by atoms with Crippen molar-refractivity contribution in [1.82, 2.24) is 4.98 Å². The summed E-state index contributed by atoms with van der Waals surface area (Å²) < 4.78 is 0. The fraction of sp³-hybridized carbons (Fsp3) is 0.267. The first-order chi connectivity index (χ1) is 8.84. The minimum atomic E-state index is 0.463. The molecule has 0 bridgehead atoms. The smallest absolute Gasteiger partial charge is 0.131 e. The van der Waals surface area contributed by atoms with Gasteiger partial charge >= 0.3 is 0 Å². The number of benzene rings is 1. The lowest BCUT2D eigenvalue weighted by Gasteiger charge is -2.27. The zero-order chi connectivity index (χ0) is 12.4. The van der Waals surface area contributed by atoms with Crippen molar-refractivity contribution in [3.05, 3.63) is 59.4 Å². The Bertz CT molecular complexity index is 527. The van der Waals surface area contributed by atoms with Gasteiger partial charge in [-0.3, -0.25) is 0 Å². The van der Waals surface area contributed by atoms with Crippen LogP contribution in [0.2, 0.25) is 5.15 Å². The lowest BCUT2D eigenvalue weighted by atomic mass is 10.0. The van der Waals surface area contributed by atoms with Gasteiger partial charge in [0.2, 0.25) is 0 Å². The lowest BCUT2D eigenvalue weighted by Crippen LogP contribution is -2.22. The Labute approximate surface area is 112 Å². The Morgan fingerprint density at radius 3 is 2.78 bits per heavy atom. The monoisotopic (exact) mass is 258 g/mol. The molecule has 1 aliphatic rings. The van der Waals surface area contributed by atoms with E-state index in [9.17, 15) is 0 Å². The average Bonchev–Trinajstić information content (AvgIpc) is 2.89. The number of aromatic nitrogens is 1. The molecule has 1 saturated heterocycles. The van der Waals surface area contributed by atoms with Gasteiger partial charge in [-0.25, -0.2) is 4.98 Å². The predicted molar refractivity (Wildman–Crippen MR) is 75.0 cm³/mol. The van der Waals surface area contributed by atoms with E-state index >= 15 is 0 Å². The molecule has 2 heterocycles. The molecule has 1 aliphatic heterocycles. The summed E-state index contributed by atoms with van der Waals surface area (Å²) in [5.41, 5.74) is 2.55. The summed E-state index contributed by atoms with van der Waals surface area (Å²) in [6, 6.07) is 15.1. The van der Waals surface area contributed by atoms with Gasteiger partial charge in [0.15, 0.2) is 0 Å². The van der Waals surface area contributed by atoms with Crippen LogP contribution in [0.1, 0.15) is 24.4 Å². The molecule has 0 saturated carbocycles. The second-order valence-electron chi connectivity index (χ2n) is 4.60. The molecule has 1 aromatic carbocycles. The first kappa shape index (κ1) is 11.5. The normalized spacial score (nSPS) is 19.2. The van der Waals surface area contributed by atoms with Crippen molar-refractivity contribution in [3.63, 3.8) is 0 Å². The van der Waals surface area contributed by atoms with E-state index in [0.29, 0.717) is 11.2 Å². The number of hydrogen-bond acceptors (Lipinski definition) is 2. The van der Waals surface area contributed by atoms with Gasteiger partial charge in [0.05, 0.1) is 6.04 Å². The number of rotatable bonds is 2. The number of pyridine rings is 1. The van der Waals surface area contributed by atoms with Crippen molar-refractivity contribution in [2.24, 2.45) is 0 Å². The zero-order valence-electron chi connectivity index (χ0n) is 10.1. The van der Waals surface area contributed by atoms with Gasteiger partial charge in [-0.2, -0.15) is 0 Å². The highest BCUT2D eigenvalue weighted by atomic mass is 35.5. The van der Waals surface area contributed by atoms with Gasteiger partial charge in [0.1, 0.15) is 5.15 Å². The third-order valence-electron chi connectivity index (χ3n) is 3.48. The summed E-state index contributed by atoms with van der Waals surface area (Å²) in [4.78, 5) is 6.47. The topological polar surface area (TPSA) is 16.1 Å². The molecule has 1 unspecified atom stereocenters. The van der Waals surface area contributed by atoms with Gasteiger partial charge in [-0.05, 0) is 30.5 Å². The Kier molecular flexibility index (Phi) is 3.20. The van der Waals surface area contributed by atoms with Crippen molar-refractivity contribution >= 4 is 17.3 Å². The van der Waals surface area contributed by atoms with E-state index in [1.165, 1.54) is 24.1 Å². The Morgan fingerprint density at radius 1 is 1.17 bits per heavy atom. The minimum Gasteiger partial charge on any atom is -0.364 e. The van der Waals surface area contributed by atoms with Crippen LogP contribution in [-0.2, 0) is 0 Å². The molecule has 18 heavy (non-hydrogen) atoms. The van der Waals surface area contributed by atoms with Crippen molar-refractivity contribution in [2.75, 3.05) is 11.4 Å². The van der Waals surface area contributed by atoms with Crippen molar-refractivity contribution in [3.8, 4) is 0 Å². The van der Waals surface area contributed by atoms with Crippen LogP contribution >= 0.6 is 11.6 Å². The molecule has 3 rings (SSSR count). The maximum atomic E-state index is 5.98. The van der Waals surface area contributed by atoms with E-state index in [0.717, 1.165) is 6.54 Å². The maximum absolute atomic E-state index is 5.98. The van der Waals surface area contributed by atoms with Crippen LogP contribution in [-0.4, -0.2) is 11.5 Å². The standard InChI is InChI=1S/C15H15ClN2/c16-15-11-13(8-9-17-15)18-10-4-7-14(18)12-5-2-1-3-6-12/h1-3,5-6,8-9,11,14H,4,7,10H2. The Hall–Kier alpha value is -1.54. The summed E-state index contributed by atoms with van der Waals surface area (Å²) in [7, 11) is 0. The van der Waals surface area contributed by atoms with E-state index in [-0.39, 0.29) is 0 Å². The van der Waals surface area contributed by atoms with E-state index in [1.807, 2.05) is 12.1 Å². The first-order valence-corrected chi connectivity index (χ1v) is 6.65. The van der Waals surface area contributed by atoms with Crippen molar-refractivity contribution in [1.29, 1.82) is 0 Å². The van der Waals surface area contributed by atoms with Crippen LogP contribution in [0, 0.1) is 0 Å². The third-order valence-corrected chi connectivity index (χ3v) is 3.69. The number of nitrogens with zero attached hydrogens (tertiary/aromatic N) is 2. The minimum absolute atomic E-state index is 0.463. The second kappa shape index (κ2) is 4.99. The summed E-state index contributed by atoms with van der Waals surface area (Å²) in [5.74, 6) is 0. The highest BCUT2D eigenvalue weighted by Crippen LogP contribution is 2.36. The highest BCUT2D eigenvalue weighted by Gasteiger charge is 2.26. The fourth-order valence-electron chi connectivity index (χ4n) is 2.67. The molecule has 0 spiro atoms. The fourth-order valence-corrected chi connectivity index (χ4v) is 2.84. The molecule has 0 radical (unpaired) electrons. The Balaban J connectivity index is 1.92. The van der Waals surface area contributed by atoms with E-state index in [1.54, 1.807) is 6.20 Å². The molecule has 1 atom stereocenters. The summed E-state index contributed by atoms with van der Waals surface area (Å²) in [6.07, 6.45) is 4.20. The molecule has 2 aromatic rings. The largest absolute Gasteiger partial charge is 0.364 e. The lowest BCUT2D eigenvalue weighted by molar-refractivity contribution is 0.719. The van der Waals surface area contributed by atoms with E-state index < -0.39 is 0 Å². The maximum Gasteiger partial charge on any atom is 0.131 e. The molecule has 0 N–H and O–H groups in total. The molecule has 1 fully saturated rings. The number of halogens is 1. The van der Waals surface area contributed by atoms with Gasteiger partial charge in [-0.1, -0.05) is 41.9 Å². The third kappa shape index (κ3) is 2.21. The van der Waals surface area contributed by atoms with Crippen LogP contribution in [0.25, 0.3) is 0 Å². The SMILES string of the molecule is Clc1cc(N2CCCC2c2ccccc2)ccn1. The molecule has 2 nitrogen and oxygen atoms in total. The summed E-state index contributed by atoms with van der Waals surface area (Å²) >= 11 is 5.98. The summed E-state index contributed by atoms with van der Waals surface area (Å²) in [6.45, 7) is 1.08. The van der Waals surface area contributed by atoms with E-state index in [2.05, 4.69) is 40.2 Å². The molecule has 92 valence electrons. The average molecular weight is 259 g/mol. The molecule has 3 heteroatoms. The van der Waals surface area contributed by atoms with Gasteiger partial charge in [0, 0.05) is 18.4 Å². The van der Waals surface area contributed by atoms with Crippen molar-refractivity contribution in [2.45, 2.75) is 18.9 Å². The second-order valence-corrected chi connectivity index (χ2v) is 4.99. The van der Waals surface area contributed by atoms with Gasteiger partial charge in [0.25, 0.3) is 0 Å². The van der Waals surface area contributed by atoms with Crippen LogP contribution in [0.15, 0.2) is 48.7 Å². The predicted octanol–water partition coefficient (Wildman–Crippen LogP) is 4.08. The zero-order valence-corrected chi connectivity index (χ0v) is 10.8. The molecular weight excluding hydrogens is 244 g/mol. The van der Waals surface area contributed by atoms with Crippen LogP contribution in [0.5, 0.6) is 0 Å². The molecule has 1 aromatic heterocycles. The quantitative estimate of drug-likeness (QED) is 0.755. The first-order valence-electron chi connectivity index (χ1n) is 6.28. The number of anilines is 1. The number of hydrogen-bond donors (Lipinski definition) is 0. The molecular formula is C15H15ClN2.